The van der Waals surface area contributed by atoms with Crippen molar-refractivity contribution in [1.82, 2.24) is 20.1 Å². The standard InChI is InChI=1S/C17H25N5OS/c1-11(2)10-14-16(24-12(3)19-14)20-17(23)22-9-5-4-6-15(22)13-7-8-18-21-13/h7-8,11,15H,4-6,9-10H2,1-3H3,(H,18,21)(H,20,23). The van der Waals surface area contributed by atoms with E-state index in [1.54, 1.807) is 17.5 Å². The van der Waals surface area contributed by atoms with Crippen molar-refractivity contribution in [3.8, 4) is 0 Å². The van der Waals surface area contributed by atoms with Crippen molar-refractivity contribution in [2.45, 2.75) is 52.5 Å². The molecule has 0 saturated carbocycles. The first-order valence-electron chi connectivity index (χ1n) is 8.57. The summed E-state index contributed by atoms with van der Waals surface area (Å²) >= 11 is 1.56. The minimum Gasteiger partial charge on any atom is -0.316 e. The number of nitrogens with one attached hydrogen (secondary N) is 2. The Labute approximate surface area is 146 Å². The molecule has 1 fully saturated rings. The predicted octanol–water partition coefficient (Wildman–Crippen LogP) is 4.13. The van der Waals surface area contributed by atoms with Crippen LogP contribution >= 0.6 is 11.3 Å². The number of rotatable bonds is 4. The van der Waals surface area contributed by atoms with Gasteiger partial charge < -0.3 is 4.90 Å². The predicted molar refractivity (Wildman–Crippen MR) is 96.3 cm³/mol. The second-order valence-corrected chi connectivity index (χ2v) is 7.96. The third kappa shape index (κ3) is 3.77. The van der Waals surface area contributed by atoms with Gasteiger partial charge in [0.15, 0.2) is 0 Å². The van der Waals surface area contributed by atoms with Crippen LogP contribution in [0.1, 0.15) is 55.5 Å². The van der Waals surface area contributed by atoms with Gasteiger partial charge in [0.05, 0.1) is 22.4 Å². The van der Waals surface area contributed by atoms with E-state index in [4.69, 9.17) is 0 Å². The average molecular weight is 347 g/mol. The molecule has 1 unspecified atom stereocenters. The molecular weight excluding hydrogens is 322 g/mol. The molecule has 7 heteroatoms. The van der Waals surface area contributed by atoms with Gasteiger partial charge in [0, 0.05) is 12.7 Å². The van der Waals surface area contributed by atoms with E-state index in [2.05, 4.69) is 34.3 Å². The van der Waals surface area contributed by atoms with Crippen molar-refractivity contribution in [2.24, 2.45) is 5.92 Å². The lowest BCUT2D eigenvalue weighted by molar-refractivity contribution is 0.161. The van der Waals surface area contributed by atoms with Crippen LogP contribution in [0.25, 0.3) is 0 Å². The molecule has 1 aliphatic rings. The minimum absolute atomic E-state index is 0.0389. The summed E-state index contributed by atoms with van der Waals surface area (Å²) in [6.07, 6.45) is 5.76. The number of carbonyl (C=O) groups excluding carboxylic acids is 1. The van der Waals surface area contributed by atoms with E-state index >= 15 is 0 Å². The Morgan fingerprint density at radius 2 is 2.33 bits per heavy atom. The number of carbonyl (C=O) groups is 1. The van der Waals surface area contributed by atoms with Crippen LogP contribution in [0.2, 0.25) is 0 Å². The summed E-state index contributed by atoms with van der Waals surface area (Å²) in [4.78, 5) is 19.4. The van der Waals surface area contributed by atoms with Gasteiger partial charge >= 0.3 is 6.03 Å². The molecular formula is C17H25N5OS. The van der Waals surface area contributed by atoms with Crippen LogP contribution in [0.3, 0.4) is 0 Å². The van der Waals surface area contributed by atoms with E-state index in [1.165, 1.54) is 0 Å². The van der Waals surface area contributed by atoms with Crippen molar-refractivity contribution >= 4 is 22.4 Å². The number of likely N-dealkylation sites (tertiary alicyclic amines) is 1. The van der Waals surface area contributed by atoms with Gasteiger partial charge in [-0.15, -0.1) is 11.3 Å². The fourth-order valence-electron chi connectivity index (χ4n) is 3.21. The molecule has 0 aromatic carbocycles. The van der Waals surface area contributed by atoms with E-state index in [9.17, 15) is 4.79 Å². The third-order valence-corrected chi connectivity index (χ3v) is 5.20. The van der Waals surface area contributed by atoms with Gasteiger partial charge in [-0.3, -0.25) is 10.4 Å². The first-order chi connectivity index (χ1) is 11.5. The number of amides is 2. The van der Waals surface area contributed by atoms with Crippen molar-refractivity contribution in [3.05, 3.63) is 28.7 Å². The van der Waals surface area contributed by atoms with Crippen LogP contribution < -0.4 is 5.32 Å². The number of H-pyrrole nitrogens is 1. The fourth-order valence-corrected chi connectivity index (χ4v) is 4.05. The SMILES string of the molecule is Cc1nc(CC(C)C)c(NC(=O)N2CCCCC2c2ccn[nH]2)s1. The molecule has 0 spiro atoms. The molecule has 2 N–H and O–H groups in total. The van der Waals surface area contributed by atoms with Gasteiger partial charge in [-0.2, -0.15) is 5.10 Å². The van der Waals surface area contributed by atoms with Crippen LogP contribution in [0.5, 0.6) is 0 Å². The Bertz CT molecular complexity index is 679. The highest BCUT2D eigenvalue weighted by molar-refractivity contribution is 7.16. The first-order valence-corrected chi connectivity index (χ1v) is 9.39. The molecule has 3 rings (SSSR count). The smallest absolute Gasteiger partial charge is 0.316 e. The Kier molecular flexibility index (Phi) is 5.18. The van der Waals surface area contributed by atoms with Gasteiger partial charge in [-0.1, -0.05) is 13.8 Å². The Morgan fingerprint density at radius 3 is 3.04 bits per heavy atom. The van der Waals surface area contributed by atoms with Gasteiger partial charge in [-0.05, 0) is 44.6 Å². The van der Waals surface area contributed by atoms with E-state index in [0.29, 0.717) is 5.92 Å². The van der Waals surface area contributed by atoms with Crippen LogP contribution in [-0.2, 0) is 6.42 Å². The van der Waals surface area contributed by atoms with E-state index in [-0.39, 0.29) is 12.1 Å². The highest BCUT2D eigenvalue weighted by Crippen LogP contribution is 2.32. The number of hydrogen-bond acceptors (Lipinski definition) is 4. The molecule has 1 saturated heterocycles. The fraction of sp³-hybridized carbons (Fsp3) is 0.588. The van der Waals surface area contributed by atoms with Crippen LogP contribution in [0, 0.1) is 12.8 Å². The molecule has 1 aliphatic heterocycles. The van der Waals surface area contributed by atoms with Gasteiger partial charge in [0.2, 0.25) is 0 Å². The summed E-state index contributed by atoms with van der Waals surface area (Å²) in [5.74, 6) is 0.509. The number of nitrogens with zero attached hydrogens (tertiary/aromatic N) is 3. The van der Waals surface area contributed by atoms with Gasteiger partial charge in [0.1, 0.15) is 5.00 Å². The number of thiazole rings is 1. The lowest BCUT2D eigenvalue weighted by Crippen LogP contribution is -2.41. The summed E-state index contributed by atoms with van der Waals surface area (Å²) in [5.41, 5.74) is 2.00. The first kappa shape index (κ1) is 17.0. The summed E-state index contributed by atoms with van der Waals surface area (Å²) in [6.45, 7) is 7.09. The zero-order valence-corrected chi connectivity index (χ0v) is 15.3. The molecule has 2 amide bonds. The maximum absolute atomic E-state index is 12.9. The summed E-state index contributed by atoms with van der Waals surface area (Å²) < 4.78 is 0. The lowest BCUT2D eigenvalue weighted by Gasteiger charge is -2.34. The largest absolute Gasteiger partial charge is 0.323 e. The zero-order valence-electron chi connectivity index (χ0n) is 14.5. The third-order valence-electron chi connectivity index (χ3n) is 4.27. The van der Waals surface area contributed by atoms with E-state index in [1.807, 2.05) is 17.9 Å². The molecule has 24 heavy (non-hydrogen) atoms. The number of urea groups is 1. The van der Waals surface area contributed by atoms with Crippen molar-refractivity contribution < 1.29 is 4.79 Å². The van der Waals surface area contributed by atoms with Gasteiger partial charge in [0.25, 0.3) is 0 Å². The van der Waals surface area contributed by atoms with Crippen molar-refractivity contribution in [2.75, 3.05) is 11.9 Å². The topological polar surface area (TPSA) is 73.9 Å². The number of aromatic nitrogens is 3. The zero-order chi connectivity index (χ0) is 17.1. The highest BCUT2D eigenvalue weighted by Gasteiger charge is 2.29. The molecule has 6 nitrogen and oxygen atoms in total. The Balaban J connectivity index is 1.76. The minimum atomic E-state index is -0.0389. The number of aryl methyl sites for hydroxylation is 1. The second-order valence-electron chi connectivity index (χ2n) is 6.75. The molecule has 1 atom stereocenters. The maximum Gasteiger partial charge on any atom is 0.323 e. The Hall–Kier alpha value is -1.89. The van der Waals surface area contributed by atoms with Crippen LogP contribution in [0.15, 0.2) is 12.3 Å². The number of anilines is 1. The quantitative estimate of drug-likeness (QED) is 0.873. The van der Waals surface area contributed by atoms with E-state index < -0.39 is 0 Å². The number of piperidine rings is 1. The molecule has 3 heterocycles. The second kappa shape index (κ2) is 7.34. The molecule has 0 bridgehead atoms. The normalized spacial score (nSPS) is 18.2. The lowest BCUT2D eigenvalue weighted by atomic mass is 10.00. The highest BCUT2D eigenvalue weighted by atomic mass is 32.1. The summed E-state index contributed by atoms with van der Waals surface area (Å²) in [7, 11) is 0. The van der Waals surface area contributed by atoms with Gasteiger partial charge in [-0.25, -0.2) is 9.78 Å². The molecule has 0 radical (unpaired) electrons. The Morgan fingerprint density at radius 1 is 1.50 bits per heavy atom. The number of hydrogen-bond donors (Lipinski definition) is 2. The summed E-state index contributed by atoms with van der Waals surface area (Å²) in [5, 5.41) is 12.0. The van der Waals surface area contributed by atoms with Crippen molar-refractivity contribution in [3.63, 3.8) is 0 Å². The molecule has 0 aliphatic carbocycles. The molecule has 2 aromatic rings. The molecule has 2 aromatic heterocycles. The van der Waals surface area contributed by atoms with E-state index in [0.717, 1.165) is 53.6 Å². The maximum atomic E-state index is 12.9. The van der Waals surface area contributed by atoms with Crippen LogP contribution in [-0.4, -0.2) is 32.7 Å². The van der Waals surface area contributed by atoms with Crippen molar-refractivity contribution in [1.29, 1.82) is 0 Å². The number of aromatic amines is 1. The molecule has 130 valence electrons. The summed E-state index contributed by atoms with van der Waals surface area (Å²) in [6, 6.07) is 1.99. The monoisotopic (exact) mass is 347 g/mol. The van der Waals surface area contributed by atoms with Crippen LogP contribution in [0.4, 0.5) is 9.80 Å². The average Bonchev–Trinajstić information content (AvgIpc) is 3.17.